The van der Waals surface area contributed by atoms with Gasteiger partial charge in [-0.1, -0.05) is 18.2 Å². The lowest BCUT2D eigenvalue weighted by atomic mass is 9.85. The summed E-state index contributed by atoms with van der Waals surface area (Å²) in [5.41, 5.74) is 0.509. The molecule has 0 spiro atoms. The molecular formula is C19H23FN2O2. The Balaban J connectivity index is 1.62. The number of aliphatic hydroxyl groups is 1. The van der Waals surface area contributed by atoms with Crippen LogP contribution in [0.3, 0.4) is 0 Å². The van der Waals surface area contributed by atoms with Gasteiger partial charge in [0.2, 0.25) is 0 Å². The first-order chi connectivity index (χ1) is 11.5. The third-order valence-corrected chi connectivity index (χ3v) is 4.96. The largest absolute Gasteiger partial charge is 0.390 e. The Morgan fingerprint density at radius 3 is 2.58 bits per heavy atom. The van der Waals surface area contributed by atoms with E-state index in [0.717, 1.165) is 0 Å². The summed E-state index contributed by atoms with van der Waals surface area (Å²) < 4.78 is 15.3. The monoisotopic (exact) mass is 330 g/mol. The predicted molar refractivity (Wildman–Crippen MR) is 92.8 cm³/mol. The third kappa shape index (κ3) is 3.51. The van der Waals surface area contributed by atoms with Gasteiger partial charge in [0.1, 0.15) is 11.5 Å². The van der Waals surface area contributed by atoms with Crippen molar-refractivity contribution < 1.29 is 9.50 Å². The molecule has 2 aromatic rings. The van der Waals surface area contributed by atoms with E-state index in [4.69, 9.17) is 0 Å². The Morgan fingerprint density at radius 2 is 1.88 bits per heavy atom. The number of pyridine rings is 1. The lowest BCUT2D eigenvalue weighted by molar-refractivity contribution is 0.00810. The Bertz CT molecular complexity index is 764. The Hall–Kier alpha value is -2.14. The second kappa shape index (κ2) is 6.77. The number of aromatic nitrogens is 1. The molecule has 0 aliphatic carbocycles. The Labute approximate surface area is 141 Å². The minimum absolute atomic E-state index is 0.0192. The summed E-state index contributed by atoms with van der Waals surface area (Å²) in [4.78, 5) is 14.2. The minimum atomic E-state index is -0.793. The summed E-state index contributed by atoms with van der Waals surface area (Å²) >= 11 is 0. The highest BCUT2D eigenvalue weighted by molar-refractivity contribution is 5.44. The molecule has 4 nitrogen and oxygen atoms in total. The van der Waals surface area contributed by atoms with Crippen LogP contribution in [-0.4, -0.2) is 28.4 Å². The highest BCUT2D eigenvalue weighted by atomic mass is 19.1. The van der Waals surface area contributed by atoms with Gasteiger partial charge in [-0.25, -0.2) is 4.39 Å². The molecule has 1 aliphatic heterocycles. The highest BCUT2D eigenvalue weighted by Crippen LogP contribution is 2.29. The highest BCUT2D eigenvalue weighted by Gasteiger charge is 2.32. The van der Waals surface area contributed by atoms with Gasteiger partial charge in [-0.05, 0) is 49.4 Å². The standard InChI is InChI=1S/C19H23FN2O2/c1-21-12-4-7-17(18(21)23)22-13-10-19(24,11-14-22)9-8-15-5-2-3-6-16(15)20/h2-7,12,24H,8-11,13-14H2,1H3. The van der Waals surface area contributed by atoms with Gasteiger partial charge >= 0.3 is 0 Å². The second-order valence-electron chi connectivity index (χ2n) is 6.61. The lowest BCUT2D eigenvalue weighted by Crippen LogP contribution is -2.46. The third-order valence-electron chi connectivity index (χ3n) is 4.96. The zero-order valence-electron chi connectivity index (χ0n) is 13.9. The number of halogens is 1. The molecule has 128 valence electrons. The van der Waals surface area contributed by atoms with Gasteiger partial charge in [0.15, 0.2) is 0 Å². The van der Waals surface area contributed by atoms with Gasteiger partial charge in [-0.3, -0.25) is 4.79 Å². The van der Waals surface area contributed by atoms with Gasteiger partial charge in [0.05, 0.1) is 5.60 Å². The molecule has 1 aromatic heterocycles. The molecule has 0 bridgehead atoms. The van der Waals surface area contributed by atoms with Crippen LogP contribution in [0.5, 0.6) is 0 Å². The van der Waals surface area contributed by atoms with E-state index in [1.807, 2.05) is 23.1 Å². The van der Waals surface area contributed by atoms with E-state index in [9.17, 15) is 14.3 Å². The summed E-state index contributed by atoms with van der Waals surface area (Å²) in [7, 11) is 1.74. The van der Waals surface area contributed by atoms with E-state index in [1.165, 1.54) is 6.07 Å². The topological polar surface area (TPSA) is 45.5 Å². The SMILES string of the molecule is Cn1cccc(N2CCC(O)(CCc3ccccc3F)CC2)c1=O. The molecule has 3 rings (SSSR count). The van der Waals surface area contributed by atoms with Gasteiger partial charge < -0.3 is 14.6 Å². The van der Waals surface area contributed by atoms with Crippen molar-refractivity contribution in [2.24, 2.45) is 7.05 Å². The van der Waals surface area contributed by atoms with Crippen LogP contribution < -0.4 is 10.5 Å². The number of hydrogen-bond acceptors (Lipinski definition) is 3. The first-order valence-electron chi connectivity index (χ1n) is 8.35. The summed E-state index contributed by atoms with van der Waals surface area (Å²) in [6, 6.07) is 10.4. The zero-order chi connectivity index (χ0) is 17.2. The molecule has 1 aliphatic rings. The summed E-state index contributed by atoms with van der Waals surface area (Å²) in [6.07, 6.45) is 3.96. The molecule has 1 fully saturated rings. The van der Waals surface area contributed by atoms with Crippen LogP contribution in [-0.2, 0) is 13.5 Å². The quantitative estimate of drug-likeness (QED) is 0.937. The molecule has 0 radical (unpaired) electrons. The van der Waals surface area contributed by atoms with Crippen LogP contribution in [0.2, 0.25) is 0 Å². The number of piperidine rings is 1. The lowest BCUT2D eigenvalue weighted by Gasteiger charge is -2.39. The van der Waals surface area contributed by atoms with Crippen molar-refractivity contribution >= 4 is 5.69 Å². The van der Waals surface area contributed by atoms with Crippen molar-refractivity contribution in [1.82, 2.24) is 4.57 Å². The van der Waals surface area contributed by atoms with E-state index in [0.29, 0.717) is 50.0 Å². The van der Waals surface area contributed by atoms with Crippen LogP contribution in [0.25, 0.3) is 0 Å². The van der Waals surface area contributed by atoms with Crippen molar-refractivity contribution in [3.8, 4) is 0 Å². The summed E-state index contributed by atoms with van der Waals surface area (Å²) in [6.45, 7) is 1.26. The molecule has 0 amide bonds. The minimum Gasteiger partial charge on any atom is -0.390 e. The maximum Gasteiger partial charge on any atom is 0.273 e. The maximum absolute atomic E-state index is 13.7. The fourth-order valence-electron chi connectivity index (χ4n) is 3.31. The fourth-order valence-corrected chi connectivity index (χ4v) is 3.31. The molecule has 1 aromatic carbocycles. The van der Waals surface area contributed by atoms with Gasteiger partial charge in [0, 0.05) is 26.3 Å². The van der Waals surface area contributed by atoms with Crippen LogP contribution >= 0.6 is 0 Å². The van der Waals surface area contributed by atoms with E-state index in [1.54, 1.807) is 29.9 Å². The molecule has 2 heterocycles. The molecule has 24 heavy (non-hydrogen) atoms. The average molecular weight is 330 g/mol. The number of rotatable bonds is 4. The van der Waals surface area contributed by atoms with Crippen molar-refractivity contribution in [1.29, 1.82) is 0 Å². The molecule has 0 atom stereocenters. The van der Waals surface area contributed by atoms with Gasteiger partial charge in [-0.2, -0.15) is 0 Å². The van der Waals surface area contributed by atoms with Crippen molar-refractivity contribution in [2.45, 2.75) is 31.3 Å². The summed E-state index contributed by atoms with van der Waals surface area (Å²) in [5, 5.41) is 10.8. The molecule has 1 saturated heterocycles. The first kappa shape index (κ1) is 16.7. The van der Waals surface area contributed by atoms with Crippen molar-refractivity contribution in [3.63, 3.8) is 0 Å². The fraction of sp³-hybridized carbons (Fsp3) is 0.421. The number of benzene rings is 1. The van der Waals surface area contributed by atoms with E-state index in [-0.39, 0.29) is 11.4 Å². The van der Waals surface area contributed by atoms with Crippen LogP contribution in [0.1, 0.15) is 24.8 Å². The van der Waals surface area contributed by atoms with Crippen LogP contribution in [0.4, 0.5) is 10.1 Å². The second-order valence-corrected chi connectivity index (χ2v) is 6.61. The first-order valence-corrected chi connectivity index (χ1v) is 8.35. The number of aryl methyl sites for hydroxylation is 2. The van der Waals surface area contributed by atoms with Crippen molar-refractivity contribution in [2.75, 3.05) is 18.0 Å². The van der Waals surface area contributed by atoms with E-state index < -0.39 is 5.60 Å². The van der Waals surface area contributed by atoms with Gasteiger partial charge in [0.25, 0.3) is 5.56 Å². The maximum atomic E-state index is 13.7. The molecular weight excluding hydrogens is 307 g/mol. The molecule has 0 saturated carbocycles. The Kier molecular flexibility index (Phi) is 4.71. The van der Waals surface area contributed by atoms with Gasteiger partial charge in [-0.15, -0.1) is 0 Å². The molecule has 5 heteroatoms. The predicted octanol–water partition coefficient (Wildman–Crippen LogP) is 2.49. The number of hydrogen-bond donors (Lipinski definition) is 1. The average Bonchev–Trinajstić information content (AvgIpc) is 2.58. The van der Waals surface area contributed by atoms with Crippen molar-refractivity contribution in [3.05, 3.63) is 64.3 Å². The number of anilines is 1. The van der Waals surface area contributed by atoms with E-state index >= 15 is 0 Å². The zero-order valence-corrected chi connectivity index (χ0v) is 13.9. The van der Waals surface area contributed by atoms with Crippen LogP contribution in [0.15, 0.2) is 47.4 Å². The van der Waals surface area contributed by atoms with E-state index in [2.05, 4.69) is 0 Å². The summed E-state index contributed by atoms with van der Waals surface area (Å²) in [5.74, 6) is -0.216. The number of nitrogens with zero attached hydrogens (tertiary/aromatic N) is 2. The Morgan fingerprint density at radius 1 is 1.17 bits per heavy atom. The molecule has 0 unspecified atom stereocenters. The normalized spacial score (nSPS) is 17.0. The molecule has 1 N–H and O–H groups in total. The van der Waals surface area contributed by atoms with Crippen LogP contribution in [0, 0.1) is 5.82 Å². The smallest absolute Gasteiger partial charge is 0.273 e.